The average Bonchev–Trinajstić information content (AvgIpc) is 2.42. The van der Waals surface area contributed by atoms with Crippen molar-refractivity contribution >= 4 is 12.1 Å². The zero-order valence-corrected chi connectivity index (χ0v) is 11.9. The summed E-state index contributed by atoms with van der Waals surface area (Å²) in [4.78, 5) is 22.1. The molecule has 4 N–H and O–H groups in total. The number of hydrogen-bond acceptors (Lipinski definition) is 4. The van der Waals surface area contributed by atoms with Crippen LogP contribution in [0.1, 0.15) is 25.7 Å². The minimum atomic E-state index is -0.424. The van der Waals surface area contributed by atoms with Crippen molar-refractivity contribution in [2.24, 2.45) is 0 Å². The maximum atomic E-state index is 11.3. The predicted octanol–water partition coefficient (Wildman–Crippen LogP) is 0.421. The molecule has 7 heteroatoms. The lowest BCUT2D eigenvalue weighted by atomic mass is 10.3. The summed E-state index contributed by atoms with van der Waals surface area (Å²) in [6, 6.07) is -0.134. The van der Waals surface area contributed by atoms with Gasteiger partial charge in [-0.2, -0.15) is 0 Å². The van der Waals surface area contributed by atoms with Gasteiger partial charge in [0.1, 0.15) is 0 Å². The SMILES string of the molecule is CNCCCCNC(=O)NCCCCNC(=O)OC. The van der Waals surface area contributed by atoms with Crippen molar-refractivity contribution in [2.75, 3.05) is 40.3 Å². The van der Waals surface area contributed by atoms with Gasteiger partial charge in [0.2, 0.25) is 0 Å². The van der Waals surface area contributed by atoms with Crippen molar-refractivity contribution in [3.63, 3.8) is 0 Å². The van der Waals surface area contributed by atoms with E-state index in [1.165, 1.54) is 7.11 Å². The van der Waals surface area contributed by atoms with Gasteiger partial charge < -0.3 is 26.0 Å². The number of carbonyl (C=O) groups is 2. The molecule has 0 bridgehead atoms. The van der Waals surface area contributed by atoms with Crippen molar-refractivity contribution in [2.45, 2.75) is 25.7 Å². The van der Waals surface area contributed by atoms with Gasteiger partial charge in [-0.1, -0.05) is 0 Å². The van der Waals surface area contributed by atoms with E-state index in [0.717, 1.165) is 32.2 Å². The Morgan fingerprint density at radius 1 is 0.842 bits per heavy atom. The maximum Gasteiger partial charge on any atom is 0.406 e. The second-order valence-electron chi connectivity index (χ2n) is 4.12. The van der Waals surface area contributed by atoms with E-state index in [0.29, 0.717) is 19.6 Å². The molecule has 0 rings (SSSR count). The van der Waals surface area contributed by atoms with E-state index >= 15 is 0 Å². The molecule has 0 unspecified atom stereocenters. The molecule has 0 heterocycles. The number of hydrogen-bond donors (Lipinski definition) is 4. The number of unbranched alkanes of at least 4 members (excludes halogenated alkanes) is 2. The van der Waals surface area contributed by atoms with Crippen molar-refractivity contribution in [1.29, 1.82) is 0 Å². The molecule has 3 amide bonds. The highest BCUT2D eigenvalue weighted by molar-refractivity contribution is 5.73. The van der Waals surface area contributed by atoms with Gasteiger partial charge in [0.25, 0.3) is 0 Å². The highest BCUT2D eigenvalue weighted by atomic mass is 16.5. The first-order chi connectivity index (χ1) is 9.20. The zero-order valence-electron chi connectivity index (χ0n) is 11.9. The number of methoxy groups -OCH3 is 1. The summed E-state index contributed by atoms with van der Waals surface area (Å²) < 4.78 is 4.43. The number of ether oxygens (including phenoxy) is 1. The van der Waals surface area contributed by atoms with Crippen LogP contribution in [0, 0.1) is 0 Å². The van der Waals surface area contributed by atoms with E-state index in [4.69, 9.17) is 0 Å². The fourth-order valence-electron chi connectivity index (χ4n) is 1.41. The molecular formula is C12H26N4O3. The monoisotopic (exact) mass is 274 g/mol. The summed E-state index contributed by atoms with van der Waals surface area (Å²) in [6.07, 6.45) is 3.22. The van der Waals surface area contributed by atoms with Crippen molar-refractivity contribution in [3.05, 3.63) is 0 Å². The highest BCUT2D eigenvalue weighted by Gasteiger charge is 1.99. The lowest BCUT2D eigenvalue weighted by Crippen LogP contribution is -2.36. The third kappa shape index (κ3) is 12.7. The van der Waals surface area contributed by atoms with Gasteiger partial charge >= 0.3 is 12.1 Å². The van der Waals surface area contributed by atoms with Crippen LogP contribution in [0.5, 0.6) is 0 Å². The molecule has 0 aliphatic carbocycles. The van der Waals surface area contributed by atoms with Gasteiger partial charge in [-0.05, 0) is 39.3 Å². The summed E-state index contributed by atoms with van der Waals surface area (Å²) in [7, 11) is 3.24. The molecule has 0 saturated carbocycles. The largest absolute Gasteiger partial charge is 0.453 e. The number of nitrogens with one attached hydrogen (secondary N) is 4. The molecule has 0 aliphatic rings. The quantitative estimate of drug-likeness (QED) is 0.435. The number of carbonyl (C=O) groups excluding carboxylic acids is 2. The Labute approximate surface area is 114 Å². The first-order valence-electron chi connectivity index (χ1n) is 6.68. The molecule has 0 aromatic heterocycles. The summed E-state index contributed by atoms with van der Waals surface area (Å²) in [5.41, 5.74) is 0. The molecule has 0 fully saturated rings. The first-order valence-corrected chi connectivity index (χ1v) is 6.68. The number of urea groups is 1. The summed E-state index contributed by atoms with van der Waals surface area (Å²) in [6.45, 7) is 2.82. The van der Waals surface area contributed by atoms with Crippen LogP contribution in [0.15, 0.2) is 0 Å². The Morgan fingerprint density at radius 2 is 1.32 bits per heavy atom. The van der Waals surface area contributed by atoms with E-state index in [9.17, 15) is 9.59 Å². The topological polar surface area (TPSA) is 91.5 Å². The standard InChI is InChI=1S/C12H26N4O3/c1-13-7-3-4-8-14-11(17)15-9-5-6-10-16-12(18)19-2/h13H,3-10H2,1-2H3,(H,16,18)(H2,14,15,17). The van der Waals surface area contributed by atoms with E-state index < -0.39 is 6.09 Å². The minimum Gasteiger partial charge on any atom is -0.453 e. The molecule has 112 valence electrons. The summed E-state index contributed by atoms with van der Waals surface area (Å²) in [5.74, 6) is 0. The minimum absolute atomic E-state index is 0.134. The molecule has 0 radical (unpaired) electrons. The van der Waals surface area contributed by atoms with Gasteiger partial charge in [-0.3, -0.25) is 0 Å². The molecule has 7 nitrogen and oxygen atoms in total. The second kappa shape index (κ2) is 12.9. The van der Waals surface area contributed by atoms with E-state index in [2.05, 4.69) is 26.0 Å². The Hall–Kier alpha value is -1.50. The number of amides is 3. The average molecular weight is 274 g/mol. The van der Waals surface area contributed by atoms with Gasteiger partial charge in [0.05, 0.1) is 7.11 Å². The van der Waals surface area contributed by atoms with Crippen molar-refractivity contribution in [1.82, 2.24) is 21.3 Å². The molecule has 0 aromatic rings. The second-order valence-corrected chi connectivity index (χ2v) is 4.12. The lowest BCUT2D eigenvalue weighted by Gasteiger charge is -2.07. The Bertz CT molecular complexity index is 249. The van der Waals surface area contributed by atoms with Gasteiger partial charge in [0.15, 0.2) is 0 Å². The predicted molar refractivity (Wildman–Crippen MR) is 74.2 cm³/mol. The fourth-order valence-corrected chi connectivity index (χ4v) is 1.41. The van der Waals surface area contributed by atoms with Crippen LogP contribution < -0.4 is 21.3 Å². The third-order valence-electron chi connectivity index (χ3n) is 2.48. The van der Waals surface area contributed by atoms with Crippen molar-refractivity contribution < 1.29 is 14.3 Å². The molecule has 0 spiro atoms. The van der Waals surface area contributed by atoms with Crippen LogP contribution in [0.4, 0.5) is 9.59 Å². The van der Waals surface area contributed by atoms with E-state index in [-0.39, 0.29) is 6.03 Å². The Kier molecular flexibility index (Phi) is 11.9. The molecule has 0 saturated heterocycles. The molecule has 0 aromatic carbocycles. The zero-order chi connectivity index (χ0) is 14.3. The van der Waals surface area contributed by atoms with Crippen LogP contribution in [0.3, 0.4) is 0 Å². The molecule has 19 heavy (non-hydrogen) atoms. The fraction of sp³-hybridized carbons (Fsp3) is 0.833. The Morgan fingerprint density at radius 3 is 1.79 bits per heavy atom. The van der Waals surface area contributed by atoms with E-state index in [1.54, 1.807) is 0 Å². The third-order valence-corrected chi connectivity index (χ3v) is 2.48. The van der Waals surface area contributed by atoms with Gasteiger partial charge in [0, 0.05) is 19.6 Å². The highest BCUT2D eigenvalue weighted by Crippen LogP contribution is 1.86. The van der Waals surface area contributed by atoms with Crippen LogP contribution in [0.2, 0.25) is 0 Å². The van der Waals surface area contributed by atoms with Crippen LogP contribution >= 0.6 is 0 Å². The lowest BCUT2D eigenvalue weighted by molar-refractivity contribution is 0.171. The van der Waals surface area contributed by atoms with Gasteiger partial charge in [-0.15, -0.1) is 0 Å². The van der Waals surface area contributed by atoms with Gasteiger partial charge in [-0.25, -0.2) is 9.59 Å². The number of alkyl carbamates (subject to hydrolysis) is 1. The summed E-state index contributed by atoms with van der Waals surface area (Å²) in [5, 5.41) is 11.2. The molecule has 0 aliphatic heterocycles. The maximum absolute atomic E-state index is 11.3. The van der Waals surface area contributed by atoms with Crippen LogP contribution in [-0.4, -0.2) is 52.5 Å². The van der Waals surface area contributed by atoms with Crippen LogP contribution in [0.25, 0.3) is 0 Å². The first kappa shape index (κ1) is 17.5. The Balaban J connectivity index is 3.22. The molecular weight excluding hydrogens is 248 g/mol. The normalized spacial score (nSPS) is 9.79. The van der Waals surface area contributed by atoms with Crippen molar-refractivity contribution in [3.8, 4) is 0 Å². The smallest absolute Gasteiger partial charge is 0.406 e. The number of rotatable bonds is 10. The van der Waals surface area contributed by atoms with E-state index in [1.807, 2.05) is 7.05 Å². The van der Waals surface area contributed by atoms with Crippen LogP contribution in [-0.2, 0) is 4.74 Å². The molecule has 0 atom stereocenters. The summed E-state index contributed by atoms with van der Waals surface area (Å²) >= 11 is 0.